The second-order valence-electron chi connectivity index (χ2n) is 5.87. The number of nitrogens with zero attached hydrogens (tertiary/aromatic N) is 6. The molecule has 0 bridgehead atoms. The third kappa shape index (κ3) is 2.93. The van der Waals surface area contributed by atoms with Crippen LogP contribution in [0.4, 0.5) is 4.79 Å². The molecular weight excluding hydrogens is 392 g/mol. The number of halogens is 1. The molecule has 3 aromatic heterocycles. The van der Waals surface area contributed by atoms with Gasteiger partial charge in [-0.25, -0.2) is 14.3 Å². The highest BCUT2D eigenvalue weighted by atomic mass is 79.9. The number of ether oxygens (including phenoxy) is 1. The van der Waals surface area contributed by atoms with Crippen molar-refractivity contribution in [3.63, 3.8) is 0 Å². The van der Waals surface area contributed by atoms with Crippen LogP contribution < -0.4 is 4.74 Å². The quantitative estimate of drug-likeness (QED) is 0.714. The smallest absolute Gasteiger partial charge is 0.407 e. The fraction of sp³-hybridized carbons (Fsp3) is 0.333. The Hall–Kier alpha value is -2.62. The average Bonchev–Trinajstić information content (AvgIpc) is 3.29. The average molecular weight is 407 g/mol. The first-order valence-corrected chi connectivity index (χ1v) is 8.48. The monoisotopic (exact) mass is 406 g/mol. The van der Waals surface area contributed by atoms with Crippen molar-refractivity contribution in [1.29, 1.82) is 0 Å². The number of aromatic nitrogens is 5. The molecule has 0 aromatic carbocycles. The van der Waals surface area contributed by atoms with Crippen molar-refractivity contribution in [2.24, 2.45) is 7.05 Å². The molecule has 1 atom stereocenters. The highest BCUT2D eigenvalue weighted by Gasteiger charge is 2.29. The minimum absolute atomic E-state index is 0.237. The first-order chi connectivity index (χ1) is 12.0. The number of fused-ring (bicyclic) bond motifs is 1. The van der Waals surface area contributed by atoms with E-state index in [0.717, 1.165) is 11.1 Å². The summed E-state index contributed by atoms with van der Waals surface area (Å²) < 4.78 is 10.1. The number of carboxylic acid groups (broad SMARTS) is 1. The number of hydrogen-bond donors (Lipinski definition) is 1. The van der Waals surface area contributed by atoms with Crippen LogP contribution in [-0.2, 0) is 7.05 Å². The van der Waals surface area contributed by atoms with E-state index in [1.165, 1.54) is 4.90 Å². The largest absolute Gasteiger partial charge is 0.471 e. The molecule has 4 heterocycles. The Bertz CT molecular complexity index is 952. The normalized spacial score (nSPS) is 17.4. The SMILES string of the molecule is Cn1cc(-c2cc3ncc(Br)n3nc2OC2CCN(C(=O)O)C2)cn1. The minimum Gasteiger partial charge on any atom is -0.471 e. The van der Waals surface area contributed by atoms with Crippen molar-refractivity contribution >= 4 is 27.7 Å². The molecule has 0 saturated carbocycles. The van der Waals surface area contributed by atoms with Gasteiger partial charge in [-0.15, -0.1) is 5.10 Å². The highest BCUT2D eigenvalue weighted by Crippen LogP contribution is 2.31. The van der Waals surface area contributed by atoms with Crippen molar-refractivity contribution in [1.82, 2.24) is 29.3 Å². The predicted octanol–water partition coefficient (Wildman–Crippen LogP) is 2.02. The van der Waals surface area contributed by atoms with E-state index < -0.39 is 6.09 Å². The van der Waals surface area contributed by atoms with E-state index in [1.807, 2.05) is 19.3 Å². The number of aryl methyl sites for hydroxylation is 1. The van der Waals surface area contributed by atoms with E-state index in [9.17, 15) is 4.79 Å². The molecule has 1 fully saturated rings. The lowest BCUT2D eigenvalue weighted by atomic mass is 10.1. The molecule has 1 aliphatic heterocycles. The summed E-state index contributed by atoms with van der Waals surface area (Å²) in [5.74, 6) is 0.427. The molecular formula is C15H15BrN6O3. The van der Waals surface area contributed by atoms with E-state index in [1.54, 1.807) is 21.6 Å². The van der Waals surface area contributed by atoms with Crippen LogP contribution in [0.25, 0.3) is 16.8 Å². The lowest BCUT2D eigenvalue weighted by Crippen LogP contribution is -2.29. The second kappa shape index (κ2) is 6.03. The zero-order valence-electron chi connectivity index (χ0n) is 13.3. The van der Waals surface area contributed by atoms with Crippen LogP contribution in [0, 0.1) is 0 Å². The van der Waals surface area contributed by atoms with Crippen molar-refractivity contribution in [3.05, 3.63) is 29.3 Å². The van der Waals surface area contributed by atoms with Crippen LogP contribution in [-0.4, -0.2) is 59.7 Å². The van der Waals surface area contributed by atoms with Gasteiger partial charge in [-0.1, -0.05) is 0 Å². The van der Waals surface area contributed by atoms with E-state index >= 15 is 0 Å². The van der Waals surface area contributed by atoms with Gasteiger partial charge in [-0.2, -0.15) is 5.10 Å². The number of hydrogen-bond acceptors (Lipinski definition) is 5. The van der Waals surface area contributed by atoms with E-state index in [0.29, 0.717) is 35.6 Å². The summed E-state index contributed by atoms with van der Waals surface area (Å²) in [6.07, 6.45) is 4.73. The summed E-state index contributed by atoms with van der Waals surface area (Å²) in [5.41, 5.74) is 2.31. The van der Waals surface area contributed by atoms with Crippen LogP contribution >= 0.6 is 15.9 Å². The van der Waals surface area contributed by atoms with E-state index in [4.69, 9.17) is 9.84 Å². The summed E-state index contributed by atoms with van der Waals surface area (Å²) in [6.45, 7) is 0.784. The first-order valence-electron chi connectivity index (χ1n) is 7.69. The fourth-order valence-corrected chi connectivity index (χ4v) is 3.24. The Labute approximate surface area is 151 Å². The molecule has 0 radical (unpaired) electrons. The molecule has 3 aromatic rings. The maximum absolute atomic E-state index is 11.1. The van der Waals surface area contributed by atoms with Crippen molar-refractivity contribution in [3.8, 4) is 17.0 Å². The second-order valence-corrected chi connectivity index (χ2v) is 6.69. The van der Waals surface area contributed by atoms with Gasteiger partial charge in [0.1, 0.15) is 10.7 Å². The van der Waals surface area contributed by atoms with Gasteiger partial charge in [0.05, 0.1) is 24.5 Å². The Balaban J connectivity index is 1.73. The number of amides is 1. The number of rotatable bonds is 3. The first kappa shape index (κ1) is 15.9. The fourth-order valence-electron chi connectivity index (χ4n) is 2.88. The number of imidazole rings is 1. The third-order valence-electron chi connectivity index (χ3n) is 4.13. The van der Waals surface area contributed by atoms with Crippen molar-refractivity contribution < 1.29 is 14.6 Å². The summed E-state index contributed by atoms with van der Waals surface area (Å²) >= 11 is 3.41. The van der Waals surface area contributed by atoms with E-state index in [2.05, 4.69) is 31.1 Å². The zero-order chi connectivity index (χ0) is 17.6. The molecule has 0 spiro atoms. The zero-order valence-corrected chi connectivity index (χ0v) is 14.9. The summed E-state index contributed by atoms with van der Waals surface area (Å²) in [6, 6.07) is 1.88. The van der Waals surface area contributed by atoms with Crippen molar-refractivity contribution in [2.45, 2.75) is 12.5 Å². The lowest BCUT2D eigenvalue weighted by Gasteiger charge is -2.16. The lowest BCUT2D eigenvalue weighted by molar-refractivity contribution is 0.144. The molecule has 4 rings (SSSR count). The maximum atomic E-state index is 11.1. The van der Waals surface area contributed by atoms with Crippen LogP contribution in [0.2, 0.25) is 0 Å². The van der Waals surface area contributed by atoms with Gasteiger partial charge in [0.25, 0.3) is 0 Å². The topological polar surface area (TPSA) is 97.8 Å². The molecule has 1 N–H and O–H groups in total. The summed E-state index contributed by atoms with van der Waals surface area (Å²) in [7, 11) is 1.84. The minimum atomic E-state index is -0.931. The summed E-state index contributed by atoms with van der Waals surface area (Å²) in [4.78, 5) is 16.8. The molecule has 1 unspecified atom stereocenters. The van der Waals surface area contributed by atoms with Gasteiger partial charge in [0.15, 0.2) is 5.65 Å². The molecule has 0 aliphatic carbocycles. The Morgan fingerprint density at radius 1 is 1.44 bits per heavy atom. The highest BCUT2D eigenvalue weighted by molar-refractivity contribution is 9.10. The van der Waals surface area contributed by atoms with Gasteiger partial charge in [0, 0.05) is 31.8 Å². The maximum Gasteiger partial charge on any atom is 0.407 e. The van der Waals surface area contributed by atoms with Crippen LogP contribution in [0.1, 0.15) is 6.42 Å². The molecule has 130 valence electrons. The van der Waals surface area contributed by atoms with Crippen LogP contribution in [0.5, 0.6) is 5.88 Å². The van der Waals surface area contributed by atoms with Crippen molar-refractivity contribution in [2.75, 3.05) is 13.1 Å². The molecule has 1 amide bonds. The van der Waals surface area contributed by atoms with Gasteiger partial charge in [0.2, 0.25) is 5.88 Å². The Morgan fingerprint density at radius 2 is 2.28 bits per heavy atom. The van der Waals surface area contributed by atoms with Gasteiger partial charge in [-0.05, 0) is 22.0 Å². The van der Waals surface area contributed by atoms with Crippen LogP contribution in [0.15, 0.2) is 29.3 Å². The Morgan fingerprint density at radius 3 is 2.96 bits per heavy atom. The third-order valence-corrected chi connectivity index (χ3v) is 4.67. The number of carbonyl (C=O) groups is 1. The van der Waals surface area contributed by atoms with Gasteiger partial charge >= 0.3 is 6.09 Å². The molecule has 1 saturated heterocycles. The van der Waals surface area contributed by atoms with Gasteiger partial charge in [-0.3, -0.25) is 4.68 Å². The molecule has 25 heavy (non-hydrogen) atoms. The van der Waals surface area contributed by atoms with Crippen LogP contribution in [0.3, 0.4) is 0 Å². The number of likely N-dealkylation sites (tertiary alicyclic amines) is 1. The van der Waals surface area contributed by atoms with Gasteiger partial charge < -0.3 is 14.7 Å². The Kier molecular flexibility index (Phi) is 3.83. The summed E-state index contributed by atoms with van der Waals surface area (Å²) in [5, 5.41) is 17.8. The molecule has 9 nitrogen and oxygen atoms in total. The molecule has 10 heteroatoms. The van der Waals surface area contributed by atoms with E-state index in [-0.39, 0.29) is 6.10 Å². The molecule has 1 aliphatic rings. The predicted molar refractivity (Wildman–Crippen MR) is 91.5 cm³/mol. The standard InChI is InChI=1S/C15H15BrN6O3/c1-20-7-9(5-18-20)11-4-13-17-6-12(16)22(13)19-14(11)25-10-2-3-21(8-10)15(23)24/h4-7,10H,2-3,8H2,1H3,(H,23,24).